The van der Waals surface area contributed by atoms with Gasteiger partial charge >= 0.3 is 0 Å². The Labute approximate surface area is 98.7 Å². The zero-order valence-electron chi connectivity index (χ0n) is 9.03. The van der Waals surface area contributed by atoms with Crippen molar-refractivity contribution in [3.63, 3.8) is 0 Å². The molecule has 0 aliphatic heterocycles. The summed E-state index contributed by atoms with van der Waals surface area (Å²) in [5.74, 6) is -0.189. The third-order valence-corrected chi connectivity index (χ3v) is 2.78. The van der Waals surface area contributed by atoms with Crippen molar-refractivity contribution in [3.8, 4) is 0 Å². The van der Waals surface area contributed by atoms with Crippen molar-refractivity contribution in [2.75, 3.05) is 0 Å². The summed E-state index contributed by atoms with van der Waals surface area (Å²) in [5, 5.41) is 0. The van der Waals surface area contributed by atoms with Crippen LogP contribution >= 0.6 is 12.2 Å². The normalized spacial score (nSPS) is 10.6. The van der Waals surface area contributed by atoms with Gasteiger partial charge in [-0.2, -0.15) is 0 Å². The Bertz CT molecular complexity index is 542. The number of aromatic nitrogens is 2. The van der Waals surface area contributed by atoms with Gasteiger partial charge in [0.25, 0.3) is 0 Å². The molecule has 0 aliphatic carbocycles. The first kappa shape index (κ1) is 11.1. The van der Waals surface area contributed by atoms with E-state index in [1.807, 2.05) is 23.8 Å². The second-order valence-corrected chi connectivity index (χ2v) is 4.20. The number of rotatable bonds is 3. The van der Waals surface area contributed by atoms with E-state index >= 15 is 0 Å². The maximum atomic E-state index is 12.9. The predicted molar refractivity (Wildman–Crippen MR) is 64.5 cm³/mol. The van der Waals surface area contributed by atoms with Crippen molar-refractivity contribution in [1.29, 1.82) is 0 Å². The molecule has 2 aromatic rings. The number of nitrogens with zero attached hydrogens (tertiary/aromatic N) is 1. The lowest BCUT2D eigenvalue weighted by atomic mass is 10.1. The molecule has 0 radical (unpaired) electrons. The van der Waals surface area contributed by atoms with Gasteiger partial charge in [-0.3, -0.25) is 0 Å². The van der Waals surface area contributed by atoms with Gasteiger partial charge in [0.15, 0.2) is 4.77 Å². The van der Waals surface area contributed by atoms with Crippen LogP contribution in [0.3, 0.4) is 0 Å². The second kappa shape index (κ2) is 4.61. The molecule has 0 atom stereocenters. The van der Waals surface area contributed by atoms with E-state index in [4.69, 9.17) is 12.2 Å². The minimum Gasteiger partial charge on any atom is -0.335 e. The standard InChI is InChI=1S/C12H13FN2S/c1-9-8-15(12(16)14-9)6-5-10-3-2-4-11(13)7-10/h2-4,7-8H,5-6H2,1H3,(H,14,16). The molecule has 16 heavy (non-hydrogen) atoms. The van der Waals surface area contributed by atoms with Crippen LogP contribution < -0.4 is 0 Å². The van der Waals surface area contributed by atoms with Crippen molar-refractivity contribution >= 4 is 12.2 Å². The van der Waals surface area contributed by atoms with E-state index < -0.39 is 0 Å². The highest BCUT2D eigenvalue weighted by Crippen LogP contribution is 2.06. The Hall–Kier alpha value is -1.42. The molecule has 0 aliphatic rings. The Kier molecular flexibility index (Phi) is 3.19. The van der Waals surface area contributed by atoms with E-state index in [2.05, 4.69) is 4.98 Å². The molecule has 1 N–H and O–H groups in total. The molecule has 0 fully saturated rings. The molecule has 1 heterocycles. The van der Waals surface area contributed by atoms with Crippen LogP contribution in [-0.4, -0.2) is 9.55 Å². The number of hydrogen-bond donors (Lipinski definition) is 1. The summed E-state index contributed by atoms with van der Waals surface area (Å²) in [4.78, 5) is 3.06. The molecule has 0 saturated carbocycles. The van der Waals surface area contributed by atoms with E-state index in [0.717, 1.165) is 24.2 Å². The number of aromatic amines is 1. The molecule has 2 nitrogen and oxygen atoms in total. The van der Waals surface area contributed by atoms with Gasteiger partial charge in [-0.1, -0.05) is 12.1 Å². The van der Waals surface area contributed by atoms with E-state index in [1.165, 1.54) is 6.07 Å². The number of halogens is 1. The summed E-state index contributed by atoms with van der Waals surface area (Å²) < 4.78 is 15.6. The quantitative estimate of drug-likeness (QED) is 0.811. The Morgan fingerprint density at radius 2 is 2.25 bits per heavy atom. The summed E-state index contributed by atoms with van der Waals surface area (Å²) in [6, 6.07) is 6.66. The van der Waals surface area contributed by atoms with Gasteiger partial charge in [-0.25, -0.2) is 4.39 Å². The van der Waals surface area contributed by atoms with Gasteiger partial charge in [0.2, 0.25) is 0 Å². The number of aryl methyl sites for hydroxylation is 3. The minimum absolute atomic E-state index is 0.189. The average Bonchev–Trinajstić information content (AvgIpc) is 2.54. The predicted octanol–water partition coefficient (Wildman–Crippen LogP) is 3.24. The highest BCUT2D eigenvalue weighted by molar-refractivity contribution is 7.71. The lowest BCUT2D eigenvalue weighted by Crippen LogP contribution is -2.00. The Morgan fingerprint density at radius 1 is 1.44 bits per heavy atom. The highest BCUT2D eigenvalue weighted by Gasteiger charge is 1.99. The molecule has 1 aromatic carbocycles. The Morgan fingerprint density at radius 3 is 2.88 bits per heavy atom. The van der Waals surface area contributed by atoms with Gasteiger partial charge in [-0.15, -0.1) is 0 Å². The van der Waals surface area contributed by atoms with Crippen molar-refractivity contribution < 1.29 is 4.39 Å². The lowest BCUT2D eigenvalue weighted by molar-refractivity contribution is 0.621. The zero-order chi connectivity index (χ0) is 11.5. The number of imidazole rings is 1. The number of benzene rings is 1. The van der Waals surface area contributed by atoms with Crippen LogP contribution in [0.1, 0.15) is 11.3 Å². The smallest absolute Gasteiger partial charge is 0.177 e. The molecule has 0 bridgehead atoms. The summed E-state index contributed by atoms with van der Waals surface area (Å²) in [7, 11) is 0. The van der Waals surface area contributed by atoms with Crippen LogP contribution in [0.25, 0.3) is 0 Å². The molecule has 4 heteroatoms. The average molecular weight is 236 g/mol. The fraction of sp³-hybridized carbons (Fsp3) is 0.250. The summed E-state index contributed by atoms with van der Waals surface area (Å²) in [6.45, 7) is 2.74. The molecule has 0 amide bonds. The maximum absolute atomic E-state index is 12.9. The van der Waals surface area contributed by atoms with Crippen LogP contribution in [0.2, 0.25) is 0 Å². The summed E-state index contributed by atoms with van der Waals surface area (Å²) in [6.07, 6.45) is 2.75. The van der Waals surface area contributed by atoms with Crippen LogP contribution in [0.5, 0.6) is 0 Å². The monoisotopic (exact) mass is 236 g/mol. The van der Waals surface area contributed by atoms with Crippen LogP contribution in [0.15, 0.2) is 30.5 Å². The fourth-order valence-electron chi connectivity index (χ4n) is 1.67. The fourth-order valence-corrected chi connectivity index (χ4v) is 1.98. The van der Waals surface area contributed by atoms with Crippen LogP contribution in [0.4, 0.5) is 4.39 Å². The third-order valence-electron chi connectivity index (χ3n) is 2.44. The third kappa shape index (κ3) is 2.58. The molecule has 0 unspecified atom stereocenters. The topological polar surface area (TPSA) is 20.7 Å². The molecule has 0 spiro atoms. The first-order chi connectivity index (χ1) is 7.65. The largest absolute Gasteiger partial charge is 0.335 e. The lowest BCUT2D eigenvalue weighted by Gasteiger charge is -2.02. The summed E-state index contributed by atoms with van der Waals surface area (Å²) >= 11 is 5.15. The van der Waals surface area contributed by atoms with Gasteiger partial charge in [0.05, 0.1) is 0 Å². The number of nitrogens with one attached hydrogen (secondary N) is 1. The molecule has 1 aromatic heterocycles. The number of H-pyrrole nitrogens is 1. The number of hydrogen-bond acceptors (Lipinski definition) is 1. The highest BCUT2D eigenvalue weighted by atomic mass is 32.1. The van der Waals surface area contributed by atoms with E-state index in [1.54, 1.807) is 12.1 Å². The molecule has 2 rings (SSSR count). The van der Waals surface area contributed by atoms with Crippen molar-refractivity contribution in [3.05, 3.63) is 52.3 Å². The Balaban J connectivity index is 2.08. The molecule has 84 valence electrons. The van der Waals surface area contributed by atoms with E-state index in [9.17, 15) is 4.39 Å². The van der Waals surface area contributed by atoms with Crippen molar-refractivity contribution in [2.45, 2.75) is 19.9 Å². The van der Waals surface area contributed by atoms with Crippen LogP contribution in [-0.2, 0) is 13.0 Å². The van der Waals surface area contributed by atoms with Gasteiger partial charge in [0, 0.05) is 18.4 Å². The SMILES string of the molecule is Cc1cn(CCc2cccc(F)c2)c(=S)[nH]1. The zero-order valence-corrected chi connectivity index (χ0v) is 9.85. The minimum atomic E-state index is -0.189. The molecule has 0 saturated heterocycles. The first-order valence-corrected chi connectivity index (χ1v) is 5.56. The first-order valence-electron chi connectivity index (χ1n) is 5.15. The second-order valence-electron chi connectivity index (χ2n) is 3.82. The molecular weight excluding hydrogens is 223 g/mol. The van der Waals surface area contributed by atoms with E-state index in [-0.39, 0.29) is 5.82 Å². The van der Waals surface area contributed by atoms with Crippen LogP contribution in [0, 0.1) is 17.5 Å². The van der Waals surface area contributed by atoms with Crippen molar-refractivity contribution in [1.82, 2.24) is 9.55 Å². The summed E-state index contributed by atoms with van der Waals surface area (Å²) in [5.41, 5.74) is 2.03. The molecular formula is C12H13FN2S. The maximum Gasteiger partial charge on any atom is 0.177 e. The van der Waals surface area contributed by atoms with Gasteiger partial charge in [0.1, 0.15) is 5.82 Å². The van der Waals surface area contributed by atoms with Crippen molar-refractivity contribution in [2.24, 2.45) is 0 Å². The van der Waals surface area contributed by atoms with Gasteiger partial charge < -0.3 is 9.55 Å². The van der Waals surface area contributed by atoms with Gasteiger partial charge in [-0.05, 0) is 43.3 Å². The van der Waals surface area contributed by atoms with E-state index in [0.29, 0.717) is 4.77 Å².